The minimum atomic E-state index is 0.360. The molecule has 0 aromatic rings. The topological polar surface area (TPSA) is 15.3 Å². The molecular formula is C12H26N2. The van der Waals surface area contributed by atoms with Crippen molar-refractivity contribution in [2.24, 2.45) is 11.3 Å². The first-order valence-electron chi connectivity index (χ1n) is 5.81. The summed E-state index contributed by atoms with van der Waals surface area (Å²) < 4.78 is 0. The Morgan fingerprint density at radius 3 is 2.43 bits per heavy atom. The Labute approximate surface area is 89.1 Å². The Hall–Kier alpha value is -0.0800. The monoisotopic (exact) mass is 198 g/mol. The summed E-state index contributed by atoms with van der Waals surface area (Å²) in [7, 11) is 4.30. The van der Waals surface area contributed by atoms with Crippen molar-refractivity contribution < 1.29 is 0 Å². The summed E-state index contributed by atoms with van der Waals surface area (Å²) in [6.45, 7) is 9.44. The van der Waals surface area contributed by atoms with Gasteiger partial charge in [0, 0.05) is 19.1 Å². The molecule has 0 radical (unpaired) electrons. The van der Waals surface area contributed by atoms with Gasteiger partial charge in [0.2, 0.25) is 0 Å². The second-order valence-electron chi connectivity index (χ2n) is 5.64. The minimum Gasteiger partial charge on any atom is -0.317 e. The number of hydrogen-bond acceptors (Lipinski definition) is 2. The number of nitrogens with zero attached hydrogens (tertiary/aromatic N) is 1. The van der Waals surface area contributed by atoms with Gasteiger partial charge in [0.15, 0.2) is 0 Å². The lowest BCUT2D eigenvalue weighted by Gasteiger charge is -2.35. The molecule has 1 aliphatic rings. The van der Waals surface area contributed by atoms with Gasteiger partial charge >= 0.3 is 0 Å². The van der Waals surface area contributed by atoms with Crippen LogP contribution in [-0.4, -0.2) is 38.1 Å². The molecule has 84 valence electrons. The maximum absolute atomic E-state index is 3.35. The molecule has 0 aromatic heterocycles. The molecule has 0 heterocycles. The van der Waals surface area contributed by atoms with Crippen LogP contribution in [0.3, 0.4) is 0 Å². The summed E-state index contributed by atoms with van der Waals surface area (Å²) in [5, 5.41) is 3.35. The fourth-order valence-electron chi connectivity index (χ4n) is 2.03. The average molecular weight is 198 g/mol. The van der Waals surface area contributed by atoms with E-state index in [-0.39, 0.29) is 0 Å². The Balaban J connectivity index is 2.31. The van der Waals surface area contributed by atoms with Gasteiger partial charge in [-0.2, -0.15) is 0 Å². The minimum absolute atomic E-state index is 0.360. The van der Waals surface area contributed by atoms with Crippen molar-refractivity contribution in [3.63, 3.8) is 0 Å². The summed E-state index contributed by atoms with van der Waals surface area (Å²) in [4.78, 5) is 2.49. The van der Waals surface area contributed by atoms with Crippen LogP contribution in [0.5, 0.6) is 0 Å². The quantitative estimate of drug-likeness (QED) is 0.702. The van der Waals surface area contributed by atoms with Crippen LogP contribution in [0.4, 0.5) is 0 Å². The van der Waals surface area contributed by atoms with Crippen molar-refractivity contribution in [2.45, 2.75) is 39.7 Å². The summed E-state index contributed by atoms with van der Waals surface area (Å²) in [5.41, 5.74) is 0.360. The van der Waals surface area contributed by atoms with Crippen molar-refractivity contribution in [1.29, 1.82) is 0 Å². The molecule has 1 fully saturated rings. The molecule has 1 aliphatic carbocycles. The van der Waals surface area contributed by atoms with Crippen LogP contribution in [0.1, 0.15) is 33.6 Å². The van der Waals surface area contributed by atoms with Crippen LogP contribution in [0.15, 0.2) is 0 Å². The van der Waals surface area contributed by atoms with Gasteiger partial charge < -0.3 is 10.2 Å². The third-order valence-corrected chi connectivity index (χ3v) is 3.55. The highest BCUT2D eigenvalue weighted by molar-refractivity contribution is 4.84. The van der Waals surface area contributed by atoms with Gasteiger partial charge in [-0.05, 0) is 45.2 Å². The molecule has 1 N–H and O–H groups in total. The van der Waals surface area contributed by atoms with E-state index in [1.54, 1.807) is 0 Å². The summed E-state index contributed by atoms with van der Waals surface area (Å²) in [5.74, 6) is 1.00. The molecule has 2 heteroatoms. The zero-order chi connectivity index (χ0) is 10.8. The van der Waals surface area contributed by atoms with E-state index in [2.05, 4.69) is 38.0 Å². The Kier molecular flexibility index (Phi) is 3.96. The zero-order valence-electron chi connectivity index (χ0n) is 10.4. The molecule has 0 aromatic carbocycles. The standard InChI is InChI=1S/C12H26N2/c1-10(13-4)12(2,3)9-14(5)8-11-6-7-11/h10-11,13H,6-9H2,1-5H3. The molecule has 1 unspecified atom stereocenters. The highest BCUT2D eigenvalue weighted by atomic mass is 15.1. The lowest BCUT2D eigenvalue weighted by molar-refractivity contribution is 0.165. The van der Waals surface area contributed by atoms with Gasteiger partial charge in [-0.1, -0.05) is 13.8 Å². The third-order valence-electron chi connectivity index (χ3n) is 3.55. The van der Waals surface area contributed by atoms with E-state index in [0.29, 0.717) is 11.5 Å². The summed E-state index contributed by atoms with van der Waals surface area (Å²) in [6, 6.07) is 0.573. The van der Waals surface area contributed by atoms with E-state index in [4.69, 9.17) is 0 Å². The van der Waals surface area contributed by atoms with Crippen molar-refractivity contribution in [3.05, 3.63) is 0 Å². The normalized spacial score (nSPS) is 20.1. The Morgan fingerprint density at radius 2 is 2.00 bits per heavy atom. The lowest BCUT2D eigenvalue weighted by Crippen LogP contribution is -2.45. The summed E-state index contributed by atoms with van der Waals surface area (Å²) in [6.07, 6.45) is 2.90. The smallest absolute Gasteiger partial charge is 0.00991 e. The maximum atomic E-state index is 3.35. The molecule has 2 nitrogen and oxygen atoms in total. The van der Waals surface area contributed by atoms with Crippen molar-refractivity contribution in [2.75, 3.05) is 27.2 Å². The first kappa shape index (κ1) is 12.0. The molecule has 14 heavy (non-hydrogen) atoms. The van der Waals surface area contributed by atoms with Crippen molar-refractivity contribution >= 4 is 0 Å². The van der Waals surface area contributed by atoms with Gasteiger partial charge in [-0.25, -0.2) is 0 Å². The second kappa shape index (κ2) is 4.63. The average Bonchev–Trinajstić information content (AvgIpc) is 2.85. The molecule has 1 atom stereocenters. The largest absolute Gasteiger partial charge is 0.317 e. The van der Waals surface area contributed by atoms with Crippen LogP contribution < -0.4 is 5.32 Å². The highest BCUT2D eigenvalue weighted by Crippen LogP contribution is 2.30. The number of hydrogen-bond donors (Lipinski definition) is 1. The molecule has 0 amide bonds. The molecule has 1 saturated carbocycles. The molecule has 0 spiro atoms. The van der Waals surface area contributed by atoms with E-state index in [1.807, 2.05) is 7.05 Å². The van der Waals surface area contributed by atoms with Gasteiger partial charge in [-0.15, -0.1) is 0 Å². The molecule has 0 saturated heterocycles. The van der Waals surface area contributed by atoms with Gasteiger partial charge in [0.05, 0.1) is 0 Å². The SMILES string of the molecule is CNC(C)C(C)(C)CN(C)CC1CC1. The number of rotatable bonds is 6. The fourth-order valence-corrected chi connectivity index (χ4v) is 2.03. The number of nitrogens with one attached hydrogen (secondary N) is 1. The predicted octanol–water partition coefficient (Wildman–Crippen LogP) is 1.96. The van der Waals surface area contributed by atoms with E-state index in [0.717, 1.165) is 5.92 Å². The highest BCUT2D eigenvalue weighted by Gasteiger charge is 2.29. The van der Waals surface area contributed by atoms with Crippen LogP contribution in [0.25, 0.3) is 0 Å². The Morgan fingerprint density at radius 1 is 1.43 bits per heavy atom. The van der Waals surface area contributed by atoms with Crippen LogP contribution in [-0.2, 0) is 0 Å². The maximum Gasteiger partial charge on any atom is 0.00991 e. The van der Waals surface area contributed by atoms with Gasteiger partial charge in [-0.3, -0.25) is 0 Å². The molecule has 0 bridgehead atoms. The summed E-state index contributed by atoms with van der Waals surface area (Å²) >= 11 is 0. The van der Waals surface area contributed by atoms with Crippen molar-refractivity contribution in [1.82, 2.24) is 10.2 Å². The fraction of sp³-hybridized carbons (Fsp3) is 1.00. The van der Waals surface area contributed by atoms with E-state index in [9.17, 15) is 0 Å². The van der Waals surface area contributed by atoms with Crippen LogP contribution in [0, 0.1) is 11.3 Å². The first-order valence-corrected chi connectivity index (χ1v) is 5.81. The molecule has 0 aliphatic heterocycles. The van der Waals surface area contributed by atoms with Gasteiger partial charge in [0.25, 0.3) is 0 Å². The van der Waals surface area contributed by atoms with Crippen LogP contribution >= 0.6 is 0 Å². The second-order valence-corrected chi connectivity index (χ2v) is 5.64. The third kappa shape index (κ3) is 3.58. The van der Waals surface area contributed by atoms with E-state index in [1.165, 1.54) is 25.9 Å². The van der Waals surface area contributed by atoms with Crippen LogP contribution in [0.2, 0.25) is 0 Å². The lowest BCUT2D eigenvalue weighted by atomic mass is 9.85. The molecule has 1 rings (SSSR count). The van der Waals surface area contributed by atoms with Crippen molar-refractivity contribution in [3.8, 4) is 0 Å². The predicted molar refractivity (Wildman–Crippen MR) is 62.5 cm³/mol. The van der Waals surface area contributed by atoms with E-state index >= 15 is 0 Å². The zero-order valence-corrected chi connectivity index (χ0v) is 10.4. The van der Waals surface area contributed by atoms with Gasteiger partial charge in [0.1, 0.15) is 0 Å². The Bertz CT molecular complexity index is 173. The first-order chi connectivity index (χ1) is 6.45. The molecular weight excluding hydrogens is 172 g/mol. The van der Waals surface area contributed by atoms with E-state index < -0.39 is 0 Å².